The molecule has 0 N–H and O–H groups in total. The molecule has 1 aromatic rings. The number of alkyl halides is 4. The summed E-state index contributed by atoms with van der Waals surface area (Å²) in [4.78, 5) is 0. The van der Waals surface area contributed by atoms with Crippen LogP contribution in [0.5, 0.6) is 0 Å². The Morgan fingerprint density at radius 2 is 1.67 bits per heavy atom. The van der Waals surface area contributed by atoms with E-state index in [1.807, 2.05) is 0 Å². The van der Waals surface area contributed by atoms with E-state index < -0.39 is 31.8 Å². The molecule has 0 nitrogen and oxygen atoms in total. The Kier molecular flexibility index (Phi) is 3.37. The summed E-state index contributed by atoms with van der Waals surface area (Å²) >= 11 is -0.888. The zero-order valence-corrected chi connectivity index (χ0v) is 8.26. The summed E-state index contributed by atoms with van der Waals surface area (Å²) in [6.45, 7) is 0. The van der Waals surface area contributed by atoms with Crippen LogP contribution in [0.2, 0.25) is 0 Å². The molecule has 0 aliphatic carbocycles. The van der Waals surface area contributed by atoms with Crippen LogP contribution in [0.4, 0.5) is 13.2 Å². The van der Waals surface area contributed by atoms with Crippen LogP contribution in [0, 0.1) is 3.57 Å². The van der Waals surface area contributed by atoms with E-state index in [2.05, 4.69) is 0 Å². The van der Waals surface area contributed by atoms with E-state index in [4.69, 9.17) is 0 Å². The van der Waals surface area contributed by atoms with Crippen molar-refractivity contribution in [3.8, 4) is 0 Å². The van der Waals surface area contributed by atoms with Gasteiger partial charge in [0.15, 0.2) is 0 Å². The maximum atomic E-state index is 11.8. The Labute approximate surface area is 79.0 Å². The molecule has 0 aromatic heterocycles. The summed E-state index contributed by atoms with van der Waals surface area (Å²) in [6, 6.07) is 8.84. The van der Waals surface area contributed by atoms with Crippen molar-refractivity contribution >= 4 is 0 Å². The molecule has 0 saturated carbocycles. The van der Waals surface area contributed by atoms with Gasteiger partial charge in [0.05, 0.1) is 0 Å². The van der Waals surface area contributed by atoms with Crippen molar-refractivity contribution in [2.75, 3.05) is 4.43 Å². The van der Waals surface area contributed by atoms with Gasteiger partial charge in [-0.3, -0.25) is 0 Å². The Hall–Kier alpha value is -0.260. The second kappa shape index (κ2) is 4.11. The second-order valence-corrected chi connectivity index (χ2v) is 4.95. The molecule has 0 bridgehead atoms. The van der Waals surface area contributed by atoms with Gasteiger partial charge in [-0.05, 0) is 0 Å². The molecule has 0 saturated heterocycles. The summed E-state index contributed by atoms with van der Waals surface area (Å²) < 4.78 is 35.5. The summed E-state index contributed by atoms with van der Waals surface area (Å²) in [5.74, 6) is 0. The first-order valence-corrected chi connectivity index (χ1v) is 5.89. The first kappa shape index (κ1) is 9.83. The summed E-state index contributed by atoms with van der Waals surface area (Å²) in [6.07, 6.45) is -4.00. The van der Waals surface area contributed by atoms with Crippen LogP contribution in [0.25, 0.3) is 0 Å². The van der Waals surface area contributed by atoms with Crippen molar-refractivity contribution in [3.05, 3.63) is 33.9 Å². The van der Waals surface area contributed by atoms with Crippen LogP contribution in [0.1, 0.15) is 0 Å². The molecule has 0 unspecified atom stereocenters. The minimum atomic E-state index is -4.00. The Balaban J connectivity index is 2.44. The van der Waals surface area contributed by atoms with E-state index in [1.165, 1.54) is 0 Å². The fourth-order valence-electron chi connectivity index (χ4n) is 0.657. The van der Waals surface area contributed by atoms with Crippen LogP contribution in [-0.2, 0) is 0 Å². The average molecular weight is 287 g/mol. The van der Waals surface area contributed by atoms with Crippen molar-refractivity contribution in [1.29, 1.82) is 0 Å². The SMILES string of the molecule is FC(F)(F)C[I-]c1ccccc1. The van der Waals surface area contributed by atoms with Crippen molar-refractivity contribution in [2.24, 2.45) is 0 Å². The van der Waals surface area contributed by atoms with Gasteiger partial charge in [0.2, 0.25) is 0 Å². The molecule has 12 heavy (non-hydrogen) atoms. The van der Waals surface area contributed by atoms with Crippen LogP contribution in [-0.4, -0.2) is 10.6 Å². The van der Waals surface area contributed by atoms with Gasteiger partial charge in [-0.2, -0.15) is 0 Å². The molecule has 1 rings (SSSR count). The van der Waals surface area contributed by atoms with Gasteiger partial charge in [0.25, 0.3) is 0 Å². The third-order valence-corrected chi connectivity index (χ3v) is 3.95. The number of halogens is 4. The van der Waals surface area contributed by atoms with Crippen LogP contribution in [0.3, 0.4) is 0 Å². The topological polar surface area (TPSA) is 0 Å². The van der Waals surface area contributed by atoms with Gasteiger partial charge in [-0.25, -0.2) is 0 Å². The third-order valence-electron chi connectivity index (χ3n) is 1.11. The van der Waals surface area contributed by atoms with Crippen molar-refractivity contribution in [2.45, 2.75) is 6.18 Å². The fraction of sp³-hybridized carbons (Fsp3) is 0.250. The molecule has 0 radical (unpaired) electrons. The fourth-order valence-corrected chi connectivity index (χ4v) is 2.45. The zero-order valence-electron chi connectivity index (χ0n) is 6.11. The molecular formula is C8H7F3I-. The molecule has 0 fully saturated rings. The van der Waals surface area contributed by atoms with Gasteiger partial charge < -0.3 is 0 Å². The number of hydrogen-bond donors (Lipinski definition) is 0. The van der Waals surface area contributed by atoms with E-state index >= 15 is 0 Å². The molecule has 0 aliphatic rings. The standard InChI is InChI=1S/C8H7F3I/c9-8(10,11)6-12-7-4-2-1-3-5-7/h1-5H,6H2/q-1. The molecule has 0 spiro atoms. The monoisotopic (exact) mass is 287 g/mol. The Bertz CT molecular complexity index is 230. The quantitative estimate of drug-likeness (QED) is 0.508. The predicted molar refractivity (Wildman–Crippen MR) is 36.1 cm³/mol. The Morgan fingerprint density at radius 3 is 2.17 bits per heavy atom. The summed E-state index contributed by atoms with van der Waals surface area (Å²) in [5, 5.41) is 0. The van der Waals surface area contributed by atoms with Gasteiger partial charge in [-0.15, -0.1) is 0 Å². The Morgan fingerprint density at radius 1 is 1.08 bits per heavy atom. The zero-order chi connectivity index (χ0) is 9.03. The number of rotatable bonds is 2. The van der Waals surface area contributed by atoms with E-state index in [1.54, 1.807) is 30.3 Å². The van der Waals surface area contributed by atoms with Gasteiger partial charge in [-0.1, -0.05) is 0 Å². The van der Waals surface area contributed by atoms with Crippen molar-refractivity contribution in [3.63, 3.8) is 0 Å². The number of benzene rings is 1. The van der Waals surface area contributed by atoms with Gasteiger partial charge >= 0.3 is 78.9 Å². The predicted octanol–water partition coefficient (Wildman–Crippen LogP) is -0.493. The average Bonchev–Trinajstić information content (AvgIpc) is 2.02. The van der Waals surface area contributed by atoms with Crippen molar-refractivity contribution < 1.29 is 34.4 Å². The van der Waals surface area contributed by atoms with E-state index in [0.717, 1.165) is 3.57 Å². The van der Waals surface area contributed by atoms with Gasteiger partial charge in [0.1, 0.15) is 0 Å². The van der Waals surface area contributed by atoms with Crippen LogP contribution < -0.4 is 21.2 Å². The van der Waals surface area contributed by atoms with Crippen molar-refractivity contribution in [1.82, 2.24) is 0 Å². The minimum absolute atomic E-state index is 0.629. The van der Waals surface area contributed by atoms with E-state index in [0.29, 0.717) is 0 Å². The van der Waals surface area contributed by atoms with Crippen LogP contribution in [0.15, 0.2) is 30.3 Å². The number of hydrogen-bond acceptors (Lipinski definition) is 0. The molecular weight excluding hydrogens is 280 g/mol. The second-order valence-electron chi connectivity index (χ2n) is 2.18. The van der Waals surface area contributed by atoms with Gasteiger partial charge in [0, 0.05) is 0 Å². The van der Waals surface area contributed by atoms with E-state index in [9.17, 15) is 13.2 Å². The summed E-state index contributed by atoms with van der Waals surface area (Å²) in [7, 11) is 0. The summed E-state index contributed by atoms with van der Waals surface area (Å²) in [5.41, 5.74) is 0. The van der Waals surface area contributed by atoms with Crippen LogP contribution >= 0.6 is 0 Å². The normalized spacial score (nSPS) is 11.9. The molecule has 0 amide bonds. The molecule has 0 aliphatic heterocycles. The molecule has 4 heteroatoms. The molecule has 0 heterocycles. The first-order chi connectivity index (χ1) is 5.58. The third kappa shape index (κ3) is 3.94. The maximum absolute atomic E-state index is 11.8. The van der Waals surface area contributed by atoms with E-state index in [-0.39, 0.29) is 0 Å². The molecule has 1 aromatic carbocycles. The molecule has 68 valence electrons. The first-order valence-electron chi connectivity index (χ1n) is 3.29. The molecule has 0 atom stereocenters.